The number of likely N-dealkylation sites (tertiary alicyclic amines) is 1. The molecule has 0 N–H and O–H groups in total. The van der Waals surface area contributed by atoms with Crippen molar-refractivity contribution in [1.29, 1.82) is 5.26 Å². The number of hydrogen-bond donors (Lipinski definition) is 0. The van der Waals surface area contributed by atoms with Gasteiger partial charge in [0, 0.05) is 36.1 Å². The van der Waals surface area contributed by atoms with Gasteiger partial charge in [0.15, 0.2) is 0 Å². The Morgan fingerprint density at radius 2 is 1.88 bits per heavy atom. The number of aromatic nitrogens is 1. The molecule has 3 fully saturated rings. The first-order valence-electron chi connectivity index (χ1n) is 8.82. The Hall–Kier alpha value is -2.65. The van der Waals surface area contributed by atoms with Crippen LogP contribution in [0.4, 0.5) is 10.5 Å². The zero-order chi connectivity index (χ0) is 17.0. The van der Waals surface area contributed by atoms with E-state index in [0.29, 0.717) is 6.54 Å². The predicted molar refractivity (Wildman–Crippen MR) is 94.1 cm³/mol. The highest BCUT2D eigenvalue weighted by molar-refractivity contribution is 6.04. The van der Waals surface area contributed by atoms with E-state index in [-0.39, 0.29) is 12.1 Å². The van der Waals surface area contributed by atoms with Gasteiger partial charge in [-0.25, -0.2) is 4.79 Å². The van der Waals surface area contributed by atoms with E-state index in [2.05, 4.69) is 16.0 Å². The lowest BCUT2D eigenvalue weighted by molar-refractivity contribution is 0.0579. The van der Waals surface area contributed by atoms with E-state index < -0.39 is 6.04 Å². The zero-order valence-electron chi connectivity index (χ0n) is 13.9. The molecule has 1 saturated carbocycles. The van der Waals surface area contributed by atoms with Crippen molar-refractivity contribution in [3.8, 4) is 6.07 Å². The van der Waals surface area contributed by atoms with Gasteiger partial charge in [-0.2, -0.15) is 5.26 Å². The second kappa shape index (κ2) is 5.43. The summed E-state index contributed by atoms with van der Waals surface area (Å²) in [6.45, 7) is 2.36. The molecule has 0 radical (unpaired) electrons. The van der Waals surface area contributed by atoms with Gasteiger partial charge in [0.2, 0.25) is 0 Å². The van der Waals surface area contributed by atoms with Gasteiger partial charge < -0.3 is 4.90 Å². The standard InChI is InChI=1S/C19H19N5O/c20-7-15-12-23(16-10-22(11-16)14-5-6-14)19(25)24(15)18-9-21-8-13-3-1-2-4-17(13)18/h1-4,8-9,14-16H,5-6,10-12H2/t15-/m1/s1. The molecule has 1 aliphatic carbocycles. The molecule has 6 nitrogen and oxygen atoms in total. The minimum atomic E-state index is -0.463. The van der Waals surface area contributed by atoms with Crippen LogP contribution < -0.4 is 4.90 Å². The fourth-order valence-corrected chi connectivity index (χ4v) is 4.01. The van der Waals surface area contributed by atoms with Gasteiger partial charge in [-0.1, -0.05) is 24.3 Å². The van der Waals surface area contributed by atoms with Crippen LogP contribution in [0.2, 0.25) is 0 Å². The number of fused-ring (bicyclic) bond motifs is 1. The predicted octanol–water partition coefficient (Wildman–Crippen LogP) is 2.22. The molecule has 25 heavy (non-hydrogen) atoms. The van der Waals surface area contributed by atoms with Crippen molar-refractivity contribution >= 4 is 22.5 Å². The number of urea groups is 1. The van der Waals surface area contributed by atoms with Crippen molar-refractivity contribution < 1.29 is 4.79 Å². The summed E-state index contributed by atoms with van der Waals surface area (Å²) in [5.41, 5.74) is 0.732. The van der Waals surface area contributed by atoms with E-state index in [1.165, 1.54) is 12.8 Å². The van der Waals surface area contributed by atoms with Crippen LogP contribution in [0.3, 0.4) is 0 Å². The van der Waals surface area contributed by atoms with E-state index in [1.807, 2.05) is 29.2 Å². The maximum absolute atomic E-state index is 13.1. The number of benzene rings is 1. The maximum Gasteiger partial charge on any atom is 0.326 e. The minimum Gasteiger partial charge on any atom is -0.316 e. The van der Waals surface area contributed by atoms with Gasteiger partial charge in [-0.15, -0.1) is 0 Å². The molecule has 6 heteroatoms. The van der Waals surface area contributed by atoms with Crippen LogP contribution in [-0.4, -0.2) is 58.6 Å². The van der Waals surface area contributed by atoms with Crippen LogP contribution in [0.25, 0.3) is 10.8 Å². The molecule has 3 aliphatic rings. The Labute approximate surface area is 146 Å². The molecule has 0 unspecified atom stereocenters. The molecule has 1 aromatic heterocycles. The molecule has 2 saturated heterocycles. The number of carbonyl (C=O) groups excluding carboxylic acids is 1. The van der Waals surface area contributed by atoms with Crippen LogP contribution in [0.5, 0.6) is 0 Å². The summed E-state index contributed by atoms with van der Waals surface area (Å²) in [7, 11) is 0. The highest BCUT2D eigenvalue weighted by Gasteiger charge is 2.48. The van der Waals surface area contributed by atoms with Crippen LogP contribution in [0.15, 0.2) is 36.7 Å². The molecule has 2 aromatic rings. The van der Waals surface area contributed by atoms with Gasteiger partial charge in [0.05, 0.1) is 30.5 Å². The second-order valence-corrected chi connectivity index (χ2v) is 7.17. The fraction of sp³-hybridized carbons (Fsp3) is 0.421. The smallest absolute Gasteiger partial charge is 0.316 e. The molecule has 1 aromatic carbocycles. The molecule has 3 heterocycles. The van der Waals surface area contributed by atoms with E-state index in [4.69, 9.17) is 0 Å². The Morgan fingerprint density at radius 3 is 2.64 bits per heavy atom. The Kier molecular flexibility index (Phi) is 3.19. The third-order valence-corrected chi connectivity index (χ3v) is 5.58. The van der Waals surface area contributed by atoms with Crippen molar-refractivity contribution in [3.05, 3.63) is 36.7 Å². The number of rotatable bonds is 3. The van der Waals surface area contributed by atoms with Gasteiger partial charge in [-0.05, 0) is 12.8 Å². The number of anilines is 1. The second-order valence-electron chi connectivity index (χ2n) is 7.17. The number of carbonyl (C=O) groups is 1. The summed E-state index contributed by atoms with van der Waals surface area (Å²) < 4.78 is 0. The Bertz CT molecular complexity index is 876. The first kappa shape index (κ1) is 14.7. The average molecular weight is 333 g/mol. The van der Waals surface area contributed by atoms with Crippen LogP contribution >= 0.6 is 0 Å². The van der Waals surface area contributed by atoms with Crippen molar-refractivity contribution in [3.63, 3.8) is 0 Å². The lowest BCUT2D eigenvalue weighted by atomic mass is 10.1. The topological polar surface area (TPSA) is 63.5 Å². The summed E-state index contributed by atoms with van der Waals surface area (Å²) >= 11 is 0. The van der Waals surface area contributed by atoms with Gasteiger partial charge in [-0.3, -0.25) is 14.8 Å². The molecule has 126 valence electrons. The van der Waals surface area contributed by atoms with E-state index in [9.17, 15) is 10.1 Å². The molecular weight excluding hydrogens is 314 g/mol. The molecule has 0 spiro atoms. The van der Waals surface area contributed by atoms with Gasteiger partial charge in [0.1, 0.15) is 6.04 Å². The highest BCUT2D eigenvalue weighted by atomic mass is 16.2. The van der Waals surface area contributed by atoms with Crippen molar-refractivity contribution in [2.24, 2.45) is 0 Å². The first-order chi connectivity index (χ1) is 12.3. The monoisotopic (exact) mass is 333 g/mol. The third-order valence-electron chi connectivity index (χ3n) is 5.58. The van der Waals surface area contributed by atoms with Crippen LogP contribution in [0.1, 0.15) is 12.8 Å². The normalized spacial score (nSPS) is 24.6. The van der Waals surface area contributed by atoms with Crippen LogP contribution in [-0.2, 0) is 0 Å². The van der Waals surface area contributed by atoms with Gasteiger partial charge in [0.25, 0.3) is 0 Å². The summed E-state index contributed by atoms with van der Waals surface area (Å²) in [5.74, 6) is 0. The van der Waals surface area contributed by atoms with Crippen molar-refractivity contribution in [2.75, 3.05) is 24.5 Å². The fourth-order valence-electron chi connectivity index (χ4n) is 4.01. The molecule has 2 aliphatic heterocycles. The molecule has 5 rings (SSSR count). The first-order valence-corrected chi connectivity index (χ1v) is 8.82. The van der Waals surface area contributed by atoms with E-state index in [0.717, 1.165) is 35.6 Å². The zero-order valence-corrected chi connectivity index (χ0v) is 13.9. The average Bonchev–Trinajstić information content (AvgIpc) is 3.38. The van der Waals surface area contributed by atoms with Crippen molar-refractivity contribution in [2.45, 2.75) is 31.0 Å². The lowest BCUT2D eigenvalue weighted by Crippen LogP contribution is -2.60. The van der Waals surface area contributed by atoms with E-state index in [1.54, 1.807) is 17.3 Å². The molecule has 2 amide bonds. The maximum atomic E-state index is 13.1. The third kappa shape index (κ3) is 2.27. The Balaban J connectivity index is 1.46. The molecule has 0 bridgehead atoms. The van der Waals surface area contributed by atoms with Crippen molar-refractivity contribution in [1.82, 2.24) is 14.8 Å². The molecule has 1 atom stereocenters. The minimum absolute atomic E-state index is 0.0647. The largest absolute Gasteiger partial charge is 0.326 e. The lowest BCUT2D eigenvalue weighted by Gasteiger charge is -2.43. The summed E-state index contributed by atoms with van der Waals surface area (Å²) in [6.07, 6.45) is 6.06. The molecular formula is C19H19N5O. The van der Waals surface area contributed by atoms with E-state index >= 15 is 0 Å². The van der Waals surface area contributed by atoms with Crippen LogP contribution in [0, 0.1) is 11.3 Å². The summed E-state index contributed by atoms with van der Waals surface area (Å²) in [6, 6.07) is 10.6. The number of nitriles is 1. The highest BCUT2D eigenvalue weighted by Crippen LogP contribution is 2.36. The number of hydrogen-bond acceptors (Lipinski definition) is 4. The Morgan fingerprint density at radius 1 is 1.08 bits per heavy atom. The quantitative estimate of drug-likeness (QED) is 0.864. The summed E-state index contributed by atoms with van der Waals surface area (Å²) in [5, 5.41) is 11.6. The van der Waals surface area contributed by atoms with Gasteiger partial charge >= 0.3 is 6.03 Å². The SMILES string of the molecule is N#C[C@@H]1CN(C2CN(C3CC3)C2)C(=O)N1c1cncc2ccccc12. The number of nitrogens with zero attached hydrogens (tertiary/aromatic N) is 5. The number of pyridine rings is 1. The number of amides is 2. The summed E-state index contributed by atoms with van der Waals surface area (Å²) in [4.78, 5) is 23.3.